The average molecular weight is 353 g/mol. The van der Waals surface area contributed by atoms with Crippen molar-refractivity contribution in [1.29, 1.82) is 0 Å². The Balaban J connectivity index is 1.61. The molecule has 3 rings (SSSR count). The van der Waals surface area contributed by atoms with Gasteiger partial charge in [-0.25, -0.2) is 4.79 Å². The highest BCUT2D eigenvalue weighted by Gasteiger charge is 2.14. The lowest BCUT2D eigenvalue weighted by molar-refractivity contribution is 0.245. The summed E-state index contributed by atoms with van der Waals surface area (Å²) in [6, 6.07) is 13.0. The lowest BCUT2D eigenvalue weighted by Gasteiger charge is -2.21. The molecule has 0 radical (unpaired) electrons. The molecule has 1 aliphatic rings. The zero-order chi connectivity index (χ0) is 18.2. The van der Waals surface area contributed by atoms with Gasteiger partial charge in [0.1, 0.15) is 0 Å². The Morgan fingerprint density at radius 2 is 1.65 bits per heavy atom. The van der Waals surface area contributed by atoms with E-state index in [0.717, 1.165) is 18.4 Å². The Morgan fingerprint density at radius 1 is 0.962 bits per heavy atom. The van der Waals surface area contributed by atoms with Crippen molar-refractivity contribution < 1.29 is 4.79 Å². The van der Waals surface area contributed by atoms with Crippen molar-refractivity contribution in [2.24, 2.45) is 0 Å². The maximum atomic E-state index is 12.3. The summed E-state index contributed by atoms with van der Waals surface area (Å²) in [7, 11) is 0. The molecule has 0 saturated heterocycles. The number of carbonyl (C=O) groups is 1. The van der Waals surface area contributed by atoms with Gasteiger partial charge in [-0.05, 0) is 24.5 Å². The Labute approximate surface area is 154 Å². The minimum absolute atomic E-state index is 0.0835. The molecule has 1 fully saturated rings. The molecule has 26 heavy (non-hydrogen) atoms. The summed E-state index contributed by atoms with van der Waals surface area (Å²) >= 11 is 0. The van der Waals surface area contributed by atoms with Crippen LogP contribution >= 0.6 is 0 Å². The fraction of sp³-hybridized carbons (Fsp3) is 0.429. The molecule has 2 N–H and O–H groups in total. The number of urea groups is 1. The van der Waals surface area contributed by atoms with Gasteiger partial charge in [0.15, 0.2) is 0 Å². The van der Waals surface area contributed by atoms with E-state index in [-0.39, 0.29) is 17.6 Å². The summed E-state index contributed by atoms with van der Waals surface area (Å²) in [6.07, 6.45) is 9.95. The first-order valence-corrected chi connectivity index (χ1v) is 9.53. The monoisotopic (exact) mass is 353 g/mol. The number of aromatic nitrogens is 1. The van der Waals surface area contributed by atoms with Crippen molar-refractivity contribution in [2.75, 3.05) is 5.32 Å². The minimum Gasteiger partial charge on any atom is -0.335 e. The Kier molecular flexibility index (Phi) is 6.47. The van der Waals surface area contributed by atoms with Crippen LogP contribution in [0.25, 0.3) is 0 Å². The van der Waals surface area contributed by atoms with Gasteiger partial charge in [-0.3, -0.25) is 4.79 Å². The van der Waals surface area contributed by atoms with Crippen molar-refractivity contribution in [3.63, 3.8) is 0 Å². The topological polar surface area (TPSA) is 63.1 Å². The second-order valence-corrected chi connectivity index (χ2v) is 7.01. The van der Waals surface area contributed by atoms with Gasteiger partial charge in [0.25, 0.3) is 5.56 Å². The Bertz CT molecular complexity index is 762. The molecule has 0 spiro atoms. The highest BCUT2D eigenvalue weighted by molar-refractivity contribution is 5.89. The number of benzene rings is 1. The molecule has 0 aliphatic heterocycles. The molecule has 138 valence electrons. The maximum Gasteiger partial charge on any atom is 0.319 e. The lowest BCUT2D eigenvalue weighted by Crippen LogP contribution is -2.38. The van der Waals surface area contributed by atoms with E-state index in [2.05, 4.69) is 10.6 Å². The standard InChI is InChI=1S/C21H27N3O2/c25-20-14-13-19(16-24(20)15-17-9-5-4-6-10-17)23-21(26)22-18-11-7-2-1-3-8-12-18/h4-6,9-10,13-14,16,18H,1-3,7-8,11-12,15H2,(H2,22,23,26). The zero-order valence-corrected chi connectivity index (χ0v) is 15.1. The first-order valence-electron chi connectivity index (χ1n) is 9.53. The van der Waals surface area contributed by atoms with E-state index in [4.69, 9.17) is 0 Å². The molecule has 5 heteroatoms. The Hall–Kier alpha value is -2.56. The van der Waals surface area contributed by atoms with Gasteiger partial charge >= 0.3 is 6.03 Å². The molecule has 1 aromatic carbocycles. The number of hydrogen-bond acceptors (Lipinski definition) is 2. The van der Waals surface area contributed by atoms with Crippen molar-refractivity contribution in [2.45, 2.75) is 57.5 Å². The zero-order valence-electron chi connectivity index (χ0n) is 15.1. The summed E-state index contributed by atoms with van der Waals surface area (Å²) in [6.45, 7) is 0.486. The molecular formula is C21H27N3O2. The van der Waals surface area contributed by atoms with Crippen LogP contribution in [0.5, 0.6) is 0 Å². The number of nitrogens with one attached hydrogen (secondary N) is 2. The first kappa shape index (κ1) is 18.2. The lowest BCUT2D eigenvalue weighted by atomic mass is 9.97. The first-order chi connectivity index (χ1) is 12.7. The Morgan fingerprint density at radius 3 is 2.38 bits per heavy atom. The largest absolute Gasteiger partial charge is 0.335 e. The fourth-order valence-corrected chi connectivity index (χ4v) is 3.46. The van der Waals surface area contributed by atoms with Crippen molar-refractivity contribution >= 4 is 11.7 Å². The third-order valence-corrected chi connectivity index (χ3v) is 4.88. The number of amides is 2. The predicted molar refractivity (Wildman–Crippen MR) is 105 cm³/mol. The summed E-state index contributed by atoms with van der Waals surface area (Å²) < 4.78 is 1.61. The van der Waals surface area contributed by atoms with Gasteiger partial charge in [-0.15, -0.1) is 0 Å². The minimum atomic E-state index is -0.194. The molecular weight excluding hydrogens is 326 g/mol. The van der Waals surface area contributed by atoms with Crippen LogP contribution in [0, 0.1) is 0 Å². The van der Waals surface area contributed by atoms with Gasteiger partial charge in [-0.1, -0.05) is 62.4 Å². The van der Waals surface area contributed by atoms with Gasteiger partial charge < -0.3 is 15.2 Å². The van der Waals surface area contributed by atoms with E-state index in [1.54, 1.807) is 16.8 Å². The summed E-state index contributed by atoms with van der Waals surface area (Å²) in [5.74, 6) is 0. The van der Waals surface area contributed by atoms with E-state index in [9.17, 15) is 9.59 Å². The van der Waals surface area contributed by atoms with E-state index < -0.39 is 0 Å². The van der Waals surface area contributed by atoms with E-state index >= 15 is 0 Å². The van der Waals surface area contributed by atoms with Crippen molar-refractivity contribution in [1.82, 2.24) is 9.88 Å². The third-order valence-electron chi connectivity index (χ3n) is 4.88. The number of rotatable bonds is 4. The molecule has 0 unspecified atom stereocenters. The molecule has 2 amide bonds. The molecule has 1 saturated carbocycles. The number of carbonyl (C=O) groups excluding carboxylic acids is 1. The molecule has 1 heterocycles. The summed E-state index contributed by atoms with van der Waals surface area (Å²) in [5, 5.41) is 5.95. The van der Waals surface area contributed by atoms with E-state index in [1.807, 2.05) is 30.3 Å². The highest BCUT2D eigenvalue weighted by atomic mass is 16.2. The van der Waals surface area contributed by atoms with Crippen LogP contribution in [-0.2, 0) is 6.54 Å². The fourth-order valence-electron chi connectivity index (χ4n) is 3.46. The molecule has 0 bridgehead atoms. The summed E-state index contributed by atoms with van der Waals surface area (Å²) in [4.78, 5) is 24.4. The number of anilines is 1. The maximum absolute atomic E-state index is 12.3. The smallest absolute Gasteiger partial charge is 0.319 e. The second-order valence-electron chi connectivity index (χ2n) is 7.01. The van der Waals surface area contributed by atoms with Gasteiger partial charge in [0.2, 0.25) is 0 Å². The summed E-state index contributed by atoms with van der Waals surface area (Å²) in [5.41, 5.74) is 1.59. The molecule has 1 aromatic heterocycles. The number of pyridine rings is 1. The van der Waals surface area contributed by atoms with E-state index in [1.165, 1.54) is 38.2 Å². The SMILES string of the molecule is O=C(Nc1ccc(=O)n(Cc2ccccc2)c1)NC1CCCCCCC1. The quantitative estimate of drug-likeness (QED) is 0.868. The number of nitrogens with zero attached hydrogens (tertiary/aromatic N) is 1. The third kappa shape index (κ3) is 5.48. The van der Waals surface area contributed by atoms with Crippen LogP contribution < -0.4 is 16.2 Å². The second kappa shape index (κ2) is 9.22. The highest BCUT2D eigenvalue weighted by Crippen LogP contribution is 2.17. The molecule has 0 atom stereocenters. The van der Waals surface area contributed by atoms with Gasteiger partial charge in [0, 0.05) is 18.3 Å². The van der Waals surface area contributed by atoms with Crippen LogP contribution in [-0.4, -0.2) is 16.6 Å². The van der Waals surface area contributed by atoms with Crippen LogP contribution in [0.15, 0.2) is 53.5 Å². The molecule has 1 aliphatic carbocycles. The number of hydrogen-bond donors (Lipinski definition) is 2. The van der Waals surface area contributed by atoms with Crippen LogP contribution in [0.1, 0.15) is 50.5 Å². The van der Waals surface area contributed by atoms with Crippen LogP contribution in [0.3, 0.4) is 0 Å². The average Bonchev–Trinajstić information content (AvgIpc) is 2.61. The van der Waals surface area contributed by atoms with Gasteiger partial charge in [0.05, 0.1) is 12.2 Å². The van der Waals surface area contributed by atoms with Crippen LogP contribution in [0.4, 0.5) is 10.5 Å². The van der Waals surface area contributed by atoms with E-state index in [0.29, 0.717) is 12.2 Å². The van der Waals surface area contributed by atoms with Crippen molar-refractivity contribution in [3.8, 4) is 0 Å². The van der Waals surface area contributed by atoms with Gasteiger partial charge in [-0.2, -0.15) is 0 Å². The normalized spacial score (nSPS) is 15.7. The van der Waals surface area contributed by atoms with Crippen LogP contribution in [0.2, 0.25) is 0 Å². The molecule has 2 aromatic rings. The molecule has 5 nitrogen and oxygen atoms in total. The predicted octanol–water partition coefficient (Wildman–Crippen LogP) is 4.13. The van der Waals surface area contributed by atoms with Crippen molar-refractivity contribution in [3.05, 3.63) is 64.6 Å².